The van der Waals surface area contributed by atoms with E-state index in [4.69, 9.17) is 0 Å². The van der Waals surface area contributed by atoms with Crippen LogP contribution in [0.15, 0.2) is 40.6 Å². The predicted octanol–water partition coefficient (Wildman–Crippen LogP) is 3.24. The van der Waals surface area contributed by atoms with Gasteiger partial charge >= 0.3 is 0 Å². The summed E-state index contributed by atoms with van der Waals surface area (Å²) in [5.41, 5.74) is 1.81. The molecule has 3 aromatic rings. The molecule has 0 amide bonds. The van der Waals surface area contributed by atoms with E-state index in [1.807, 2.05) is 28.8 Å². The highest BCUT2D eigenvalue weighted by Gasteiger charge is 2.06. The Labute approximate surface area is 98.5 Å². The van der Waals surface area contributed by atoms with Crippen LogP contribution < -0.4 is 0 Å². The first kappa shape index (κ1) is 9.06. The number of imidazole rings is 1. The van der Waals surface area contributed by atoms with Crippen molar-refractivity contribution in [2.75, 3.05) is 0 Å². The fraction of sp³-hybridized carbons (Fsp3) is 0. The quantitative estimate of drug-likeness (QED) is 0.685. The normalized spacial score (nSPS) is 11.0. The summed E-state index contributed by atoms with van der Waals surface area (Å²) in [6, 6.07) is 7.92. The molecule has 0 aliphatic rings. The minimum Gasteiger partial charge on any atom is -0.274 e. The smallest absolute Gasteiger partial charge is 0.165 e. The second-order valence-electron chi connectivity index (χ2n) is 3.04. The lowest BCUT2D eigenvalue weighted by Gasteiger charge is -1.97. The fourth-order valence-electron chi connectivity index (χ4n) is 1.44. The zero-order valence-corrected chi connectivity index (χ0v) is 9.99. The summed E-state index contributed by atoms with van der Waals surface area (Å²) in [7, 11) is 0. The van der Waals surface area contributed by atoms with Crippen LogP contribution in [0.2, 0.25) is 0 Å². The zero-order valence-electron chi connectivity index (χ0n) is 7.59. The van der Waals surface area contributed by atoms with E-state index >= 15 is 0 Å². The first-order valence-electron chi connectivity index (χ1n) is 4.38. The van der Waals surface area contributed by atoms with Crippen molar-refractivity contribution in [3.8, 4) is 5.00 Å². The third kappa shape index (κ3) is 1.48. The maximum absolute atomic E-state index is 4.32. The second kappa shape index (κ2) is 3.43. The number of rotatable bonds is 1. The van der Waals surface area contributed by atoms with Gasteiger partial charge in [-0.1, -0.05) is 0 Å². The van der Waals surface area contributed by atoms with E-state index in [1.54, 1.807) is 23.9 Å². The van der Waals surface area contributed by atoms with Crippen LogP contribution in [0.3, 0.4) is 0 Å². The second-order valence-corrected chi connectivity index (χ2v) is 5.48. The fourth-order valence-corrected chi connectivity index (χ4v) is 2.78. The van der Waals surface area contributed by atoms with Crippen LogP contribution in [0.4, 0.5) is 0 Å². The molecule has 0 aromatic carbocycles. The van der Waals surface area contributed by atoms with Gasteiger partial charge in [0.25, 0.3) is 0 Å². The minimum atomic E-state index is 0.895. The lowest BCUT2D eigenvalue weighted by molar-refractivity contribution is 1.09. The predicted molar refractivity (Wildman–Crippen MR) is 64.4 cm³/mol. The van der Waals surface area contributed by atoms with Crippen molar-refractivity contribution in [1.82, 2.24) is 14.5 Å². The van der Waals surface area contributed by atoms with E-state index in [2.05, 4.69) is 25.9 Å². The summed E-state index contributed by atoms with van der Waals surface area (Å²) in [6.07, 6.45) is 3.58. The molecule has 74 valence electrons. The third-order valence-corrected chi connectivity index (χ3v) is 3.73. The van der Waals surface area contributed by atoms with Gasteiger partial charge in [-0.15, -0.1) is 11.3 Å². The maximum atomic E-state index is 4.32. The Bertz CT molecular complexity index is 614. The average Bonchev–Trinajstić information content (AvgIpc) is 2.83. The van der Waals surface area contributed by atoms with Gasteiger partial charge in [-0.05, 0) is 40.2 Å². The van der Waals surface area contributed by atoms with Gasteiger partial charge in [0.1, 0.15) is 16.8 Å². The average molecular weight is 280 g/mol. The van der Waals surface area contributed by atoms with Crippen molar-refractivity contribution in [3.63, 3.8) is 0 Å². The van der Waals surface area contributed by atoms with Gasteiger partial charge in [0, 0.05) is 6.20 Å². The topological polar surface area (TPSA) is 30.7 Å². The lowest BCUT2D eigenvalue weighted by Crippen LogP contribution is -1.89. The van der Waals surface area contributed by atoms with Crippen LogP contribution in [0.25, 0.3) is 16.2 Å². The van der Waals surface area contributed by atoms with Gasteiger partial charge in [0.2, 0.25) is 0 Å². The van der Waals surface area contributed by atoms with E-state index in [0.717, 1.165) is 20.0 Å². The van der Waals surface area contributed by atoms with Crippen molar-refractivity contribution in [3.05, 3.63) is 40.6 Å². The summed E-state index contributed by atoms with van der Waals surface area (Å²) in [5.74, 6) is 0. The minimum absolute atomic E-state index is 0.895. The van der Waals surface area contributed by atoms with Crippen molar-refractivity contribution in [1.29, 1.82) is 0 Å². The molecule has 0 spiro atoms. The van der Waals surface area contributed by atoms with Crippen LogP contribution >= 0.6 is 27.3 Å². The van der Waals surface area contributed by atoms with Gasteiger partial charge in [0.05, 0.1) is 3.79 Å². The Kier molecular flexibility index (Phi) is 2.07. The SMILES string of the molecule is Brc1ccc(-n2cnc3cccnc32)s1. The molecule has 0 N–H and O–H groups in total. The van der Waals surface area contributed by atoms with Crippen molar-refractivity contribution in [2.24, 2.45) is 0 Å². The summed E-state index contributed by atoms with van der Waals surface area (Å²) in [6.45, 7) is 0. The Hall–Kier alpha value is -1.20. The Morgan fingerprint density at radius 3 is 2.93 bits per heavy atom. The summed E-state index contributed by atoms with van der Waals surface area (Å²) in [4.78, 5) is 8.61. The first-order valence-corrected chi connectivity index (χ1v) is 5.99. The number of halogens is 1. The molecule has 0 saturated carbocycles. The number of nitrogens with zero attached hydrogens (tertiary/aromatic N) is 3. The molecule has 0 aliphatic carbocycles. The molecule has 15 heavy (non-hydrogen) atoms. The highest BCUT2D eigenvalue weighted by molar-refractivity contribution is 9.11. The van der Waals surface area contributed by atoms with E-state index in [9.17, 15) is 0 Å². The van der Waals surface area contributed by atoms with Crippen LogP contribution in [0, 0.1) is 0 Å². The Morgan fingerprint density at radius 2 is 2.13 bits per heavy atom. The van der Waals surface area contributed by atoms with Gasteiger partial charge in [-0.2, -0.15) is 0 Å². The molecule has 0 bridgehead atoms. The first-order chi connectivity index (χ1) is 7.34. The Balaban J connectivity index is 2.27. The summed E-state index contributed by atoms with van der Waals surface area (Å²) >= 11 is 5.11. The molecule has 0 unspecified atom stereocenters. The van der Waals surface area contributed by atoms with Gasteiger partial charge in [-0.3, -0.25) is 4.57 Å². The van der Waals surface area contributed by atoms with Gasteiger partial charge in [-0.25, -0.2) is 9.97 Å². The monoisotopic (exact) mass is 279 g/mol. The number of hydrogen-bond donors (Lipinski definition) is 0. The number of hydrogen-bond acceptors (Lipinski definition) is 3. The highest BCUT2D eigenvalue weighted by atomic mass is 79.9. The molecule has 3 heterocycles. The molecule has 0 fully saturated rings. The molecule has 0 aliphatic heterocycles. The van der Waals surface area contributed by atoms with E-state index in [1.165, 1.54) is 0 Å². The molecule has 0 radical (unpaired) electrons. The summed E-state index contributed by atoms with van der Waals surface area (Å²) in [5, 5.41) is 1.11. The van der Waals surface area contributed by atoms with Crippen LogP contribution in [-0.4, -0.2) is 14.5 Å². The van der Waals surface area contributed by atoms with E-state index in [-0.39, 0.29) is 0 Å². The van der Waals surface area contributed by atoms with E-state index < -0.39 is 0 Å². The van der Waals surface area contributed by atoms with Crippen molar-refractivity contribution in [2.45, 2.75) is 0 Å². The molecule has 3 nitrogen and oxygen atoms in total. The molecule has 0 saturated heterocycles. The molecule has 3 rings (SSSR count). The van der Waals surface area contributed by atoms with Gasteiger partial charge in [0.15, 0.2) is 5.65 Å². The molecule has 5 heteroatoms. The molecular weight excluding hydrogens is 274 g/mol. The highest BCUT2D eigenvalue weighted by Crippen LogP contribution is 2.27. The van der Waals surface area contributed by atoms with E-state index in [0.29, 0.717) is 0 Å². The summed E-state index contributed by atoms with van der Waals surface area (Å²) < 4.78 is 3.10. The molecule has 3 aromatic heterocycles. The largest absolute Gasteiger partial charge is 0.274 e. The Morgan fingerprint density at radius 1 is 1.20 bits per heavy atom. The number of fused-ring (bicyclic) bond motifs is 1. The lowest BCUT2D eigenvalue weighted by atomic mass is 10.4. The number of thiophene rings is 1. The molecule has 0 atom stereocenters. The zero-order chi connectivity index (χ0) is 10.3. The van der Waals surface area contributed by atoms with Crippen molar-refractivity contribution < 1.29 is 0 Å². The number of aromatic nitrogens is 3. The van der Waals surface area contributed by atoms with Gasteiger partial charge < -0.3 is 0 Å². The number of pyridine rings is 1. The van der Waals surface area contributed by atoms with Crippen LogP contribution in [0.1, 0.15) is 0 Å². The van der Waals surface area contributed by atoms with Crippen LogP contribution in [0.5, 0.6) is 0 Å². The standard InChI is InChI=1S/C10H6BrN3S/c11-8-3-4-9(15-8)14-6-13-7-2-1-5-12-10(7)14/h1-6H. The maximum Gasteiger partial charge on any atom is 0.165 e. The van der Waals surface area contributed by atoms with Crippen LogP contribution in [-0.2, 0) is 0 Å². The molecular formula is C10H6BrN3S. The third-order valence-electron chi connectivity index (χ3n) is 2.10. The van der Waals surface area contributed by atoms with Crippen molar-refractivity contribution >= 4 is 38.4 Å².